The van der Waals surface area contributed by atoms with Gasteiger partial charge in [-0.1, -0.05) is 18.2 Å². The number of amides is 1. The van der Waals surface area contributed by atoms with Crippen molar-refractivity contribution in [1.82, 2.24) is 4.98 Å². The van der Waals surface area contributed by atoms with E-state index >= 15 is 0 Å². The number of fused-ring (bicyclic) bond motifs is 1. The molecule has 0 aliphatic rings. The molecule has 1 N–H and O–H groups in total. The number of nitrogens with zero attached hydrogens (tertiary/aromatic N) is 1. The van der Waals surface area contributed by atoms with Gasteiger partial charge in [0.1, 0.15) is 5.75 Å². The van der Waals surface area contributed by atoms with Crippen LogP contribution in [0.2, 0.25) is 0 Å². The lowest BCUT2D eigenvalue weighted by atomic mass is 10.2. The summed E-state index contributed by atoms with van der Waals surface area (Å²) in [7, 11) is 0. The molecule has 1 amide bonds. The number of anilines is 1. The van der Waals surface area contributed by atoms with E-state index in [9.17, 15) is 4.79 Å². The van der Waals surface area contributed by atoms with Gasteiger partial charge in [-0.2, -0.15) is 0 Å². The molecule has 22 heavy (non-hydrogen) atoms. The molecule has 0 saturated carbocycles. The average molecular weight is 292 g/mol. The summed E-state index contributed by atoms with van der Waals surface area (Å²) in [4.78, 5) is 16.2. The van der Waals surface area contributed by atoms with Crippen molar-refractivity contribution in [3.05, 3.63) is 66.4 Å². The van der Waals surface area contributed by atoms with Gasteiger partial charge >= 0.3 is 0 Å². The summed E-state index contributed by atoms with van der Waals surface area (Å²) in [5.74, 6) is 0.469. The van der Waals surface area contributed by atoms with Crippen molar-refractivity contribution in [1.29, 1.82) is 0 Å². The molecular formula is C18H16N2O2. The normalized spacial score (nSPS) is 10.4. The lowest BCUT2D eigenvalue weighted by Gasteiger charge is -2.08. The predicted octanol–water partition coefficient (Wildman–Crippen LogP) is 3.56. The van der Waals surface area contributed by atoms with Crippen LogP contribution in [0, 0.1) is 6.92 Å². The van der Waals surface area contributed by atoms with Gasteiger partial charge in [-0.05, 0) is 48.9 Å². The standard InChI is InChI=1S/C18H16N2O2/c1-13-4-2-6-15(10-13)20-18(21)12-22-16-7-8-17-14(11-16)5-3-9-19-17/h2-11H,12H2,1H3,(H,20,21). The van der Waals surface area contributed by atoms with Crippen LogP contribution in [0.3, 0.4) is 0 Å². The first-order chi connectivity index (χ1) is 10.7. The number of rotatable bonds is 4. The third-order valence-electron chi connectivity index (χ3n) is 3.25. The molecule has 3 rings (SSSR count). The minimum Gasteiger partial charge on any atom is -0.484 e. The van der Waals surface area contributed by atoms with Gasteiger partial charge in [0.2, 0.25) is 0 Å². The molecule has 4 heteroatoms. The number of benzene rings is 2. The van der Waals surface area contributed by atoms with Crippen molar-refractivity contribution in [2.45, 2.75) is 6.92 Å². The molecule has 0 fully saturated rings. The van der Waals surface area contributed by atoms with E-state index in [1.54, 1.807) is 6.20 Å². The highest BCUT2D eigenvalue weighted by molar-refractivity contribution is 5.92. The van der Waals surface area contributed by atoms with Crippen molar-refractivity contribution in [2.24, 2.45) is 0 Å². The molecule has 0 aliphatic carbocycles. The number of aryl methyl sites for hydroxylation is 1. The Morgan fingerprint density at radius 1 is 1.14 bits per heavy atom. The van der Waals surface area contributed by atoms with Gasteiger partial charge in [-0.25, -0.2) is 0 Å². The van der Waals surface area contributed by atoms with Crippen LogP contribution in [0.5, 0.6) is 5.75 Å². The van der Waals surface area contributed by atoms with Crippen molar-refractivity contribution < 1.29 is 9.53 Å². The second kappa shape index (κ2) is 6.26. The fourth-order valence-electron chi connectivity index (χ4n) is 2.21. The summed E-state index contributed by atoms with van der Waals surface area (Å²) < 4.78 is 5.54. The maximum Gasteiger partial charge on any atom is 0.262 e. The summed E-state index contributed by atoms with van der Waals surface area (Å²) in [6.07, 6.45) is 1.75. The smallest absolute Gasteiger partial charge is 0.262 e. The quantitative estimate of drug-likeness (QED) is 0.800. The molecule has 0 saturated heterocycles. The molecule has 2 aromatic carbocycles. The van der Waals surface area contributed by atoms with Crippen LogP contribution in [-0.4, -0.2) is 17.5 Å². The Morgan fingerprint density at radius 2 is 2.05 bits per heavy atom. The van der Waals surface area contributed by atoms with Crippen LogP contribution in [0.4, 0.5) is 5.69 Å². The van der Waals surface area contributed by atoms with E-state index in [1.807, 2.05) is 61.5 Å². The second-order valence-corrected chi connectivity index (χ2v) is 5.06. The number of hydrogen-bond acceptors (Lipinski definition) is 3. The van der Waals surface area contributed by atoms with E-state index < -0.39 is 0 Å². The Balaban J connectivity index is 1.62. The van der Waals surface area contributed by atoms with Crippen LogP contribution in [0.25, 0.3) is 10.9 Å². The summed E-state index contributed by atoms with van der Waals surface area (Å²) in [6.45, 7) is 1.95. The molecule has 4 nitrogen and oxygen atoms in total. The minimum atomic E-state index is -0.183. The molecule has 0 bridgehead atoms. The second-order valence-electron chi connectivity index (χ2n) is 5.06. The first-order valence-corrected chi connectivity index (χ1v) is 7.05. The maximum atomic E-state index is 11.9. The van der Waals surface area contributed by atoms with Crippen molar-refractivity contribution >= 4 is 22.5 Å². The average Bonchev–Trinajstić information content (AvgIpc) is 2.53. The van der Waals surface area contributed by atoms with Crippen LogP contribution >= 0.6 is 0 Å². The van der Waals surface area contributed by atoms with Gasteiger partial charge < -0.3 is 10.1 Å². The van der Waals surface area contributed by atoms with E-state index in [4.69, 9.17) is 4.74 Å². The summed E-state index contributed by atoms with van der Waals surface area (Å²) in [6, 6.07) is 17.1. The Hall–Kier alpha value is -2.88. The number of nitrogens with one attached hydrogen (secondary N) is 1. The lowest BCUT2D eigenvalue weighted by Crippen LogP contribution is -2.20. The molecule has 0 aliphatic heterocycles. The molecule has 0 atom stereocenters. The minimum absolute atomic E-state index is 0.0281. The predicted molar refractivity (Wildman–Crippen MR) is 87.0 cm³/mol. The van der Waals surface area contributed by atoms with Gasteiger partial charge in [0.05, 0.1) is 5.52 Å². The van der Waals surface area contributed by atoms with E-state index in [1.165, 1.54) is 0 Å². The Morgan fingerprint density at radius 3 is 2.91 bits per heavy atom. The molecule has 1 aromatic heterocycles. The summed E-state index contributed by atoms with van der Waals surface area (Å²) >= 11 is 0. The zero-order valence-electron chi connectivity index (χ0n) is 12.2. The Labute approximate surface area is 128 Å². The van der Waals surface area contributed by atoms with Crippen LogP contribution in [-0.2, 0) is 4.79 Å². The first kappa shape index (κ1) is 14.1. The van der Waals surface area contributed by atoms with Crippen LogP contribution in [0.15, 0.2) is 60.8 Å². The zero-order valence-corrected chi connectivity index (χ0v) is 12.2. The van der Waals surface area contributed by atoms with Crippen molar-refractivity contribution in [3.8, 4) is 5.75 Å². The fraction of sp³-hybridized carbons (Fsp3) is 0.111. The number of carbonyl (C=O) groups is 1. The van der Waals surface area contributed by atoms with E-state index in [0.717, 1.165) is 22.2 Å². The topological polar surface area (TPSA) is 51.2 Å². The number of aromatic nitrogens is 1. The summed E-state index contributed by atoms with van der Waals surface area (Å²) in [5, 5.41) is 3.80. The number of hydrogen-bond donors (Lipinski definition) is 1. The molecule has 1 heterocycles. The highest BCUT2D eigenvalue weighted by Gasteiger charge is 2.04. The number of ether oxygens (including phenoxy) is 1. The molecule has 110 valence electrons. The zero-order chi connectivity index (χ0) is 15.4. The van der Waals surface area contributed by atoms with E-state index in [-0.39, 0.29) is 12.5 Å². The first-order valence-electron chi connectivity index (χ1n) is 7.05. The Bertz CT molecular complexity index is 815. The fourth-order valence-corrected chi connectivity index (χ4v) is 2.21. The van der Waals surface area contributed by atoms with Gasteiger partial charge in [0.15, 0.2) is 6.61 Å². The SMILES string of the molecule is Cc1cccc(NC(=O)COc2ccc3ncccc3c2)c1. The van der Waals surface area contributed by atoms with Gasteiger partial charge in [-0.3, -0.25) is 9.78 Å². The van der Waals surface area contributed by atoms with Crippen molar-refractivity contribution in [3.63, 3.8) is 0 Å². The Kier molecular flexibility index (Phi) is 4.01. The van der Waals surface area contributed by atoms with Gasteiger partial charge in [0, 0.05) is 17.3 Å². The molecule has 0 spiro atoms. The van der Waals surface area contributed by atoms with Crippen LogP contribution in [0.1, 0.15) is 5.56 Å². The molecule has 0 radical (unpaired) electrons. The number of carbonyl (C=O) groups excluding carboxylic acids is 1. The monoisotopic (exact) mass is 292 g/mol. The third-order valence-corrected chi connectivity index (χ3v) is 3.25. The molecule has 0 unspecified atom stereocenters. The van der Waals surface area contributed by atoms with Gasteiger partial charge in [-0.15, -0.1) is 0 Å². The molecular weight excluding hydrogens is 276 g/mol. The third kappa shape index (κ3) is 3.41. The summed E-state index contributed by atoms with van der Waals surface area (Å²) in [5.41, 5.74) is 2.77. The largest absolute Gasteiger partial charge is 0.484 e. The number of pyridine rings is 1. The highest BCUT2D eigenvalue weighted by Crippen LogP contribution is 2.19. The van der Waals surface area contributed by atoms with E-state index in [0.29, 0.717) is 5.75 Å². The van der Waals surface area contributed by atoms with Crippen LogP contribution < -0.4 is 10.1 Å². The highest BCUT2D eigenvalue weighted by atomic mass is 16.5. The maximum absolute atomic E-state index is 11.9. The molecule has 3 aromatic rings. The lowest BCUT2D eigenvalue weighted by molar-refractivity contribution is -0.118. The van der Waals surface area contributed by atoms with E-state index in [2.05, 4.69) is 10.3 Å². The van der Waals surface area contributed by atoms with Gasteiger partial charge in [0.25, 0.3) is 5.91 Å². The van der Waals surface area contributed by atoms with Crippen molar-refractivity contribution in [2.75, 3.05) is 11.9 Å².